The van der Waals surface area contributed by atoms with Crippen LogP contribution < -0.4 is 0 Å². The van der Waals surface area contributed by atoms with Crippen molar-refractivity contribution in [2.24, 2.45) is 17.8 Å². The van der Waals surface area contributed by atoms with E-state index in [0.29, 0.717) is 5.92 Å². The molecule has 1 aromatic rings. The van der Waals surface area contributed by atoms with Crippen LogP contribution in [0.25, 0.3) is 0 Å². The van der Waals surface area contributed by atoms with Crippen molar-refractivity contribution >= 4 is 0 Å². The van der Waals surface area contributed by atoms with Crippen molar-refractivity contribution in [2.45, 2.75) is 53.4 Å². The SMILES string of the molecule is CCC(C)C(C)C(c1ccoc1)C(C)CC. The molecule has 0 saturated carbocycles. The first kappa shape index (κ1) is 13.3. The molecule has 0 bridgehead atoms. The van der Waals surface area contributed by atoms with Gasteiger partial charge >= 0.3 is 0 Å². The van der Waals surface area contributed by atoms with Gasteiger partial charge in [0.1, 0.15) is 0 Å². The van der Waals surface area contributed by atoms with Gasteiger partial charge in [-0.1, -0.05) is 47.5 Å². The van der Waals surface area contributed by atoms with Gasteiger partial charge in [-0.05, 0) is 35.3 Å². The van der Waals surface area contributed by atoms with Gasteiger partial charge in [-0.2, -0.15) is 0 Å². The molecular weight excluding hydrogens is 196 g/mol. The lowest BCUT2D eigenvalue weighted by atomic mass is 9.72. The van der Waals surface area contributed by atoms with Gasteiger partial charge in [0.05, 0.1) is 12.5 Å². The second-order valence-corrected chi connectivity index (χ2v) is 5.21. The van der Waals surface area contributed by atoms with Crippen molar-refractivity contribution in [1.82, 2.24) is 0 Å². The first-order valence-corrected chi connectivity index (χ1v) is 6.63. The molecule has 0 radical (unpaired) electrons. The highest BCUT2D eigenvalue weighted by Crippen LogP contribution is 2.38. The molecular formula is C15H26O. The number of rotatable bonds is 6. The van der Waals surface area contributed by atoms with Crippen LogP contribution in [0.15, 0.2) is 23.0 Å². The van der Waals surface area contributed by atoms with Crippen LogP contribution in [0.3, 0.4) is 0 Å². The molecule has 1 aromatic heterocycles. The molecule has 0 amide bonds. The summed E-state index contributed by atoms with van der Waals surface area (Å²) in [6.07, 6.45) is 6.21. The molecule has 0 aliphatic carbocycles. The highest BCUT2D eigenvalue weighted by Gasteiger charge is 2.28. The Hall–Kier alpha value is -0.720. The lowest BCUT2D eigenvalue weighted by Gasteiger charge is -2.32. The molecule has 1 heterocycles. The predicted molar refractivity (Wildman–Crippen MR) is 69.5 cm³/mol. The van der Waals surface area contributed by atoms with E-state index in [1.807, 2.05) is 6.26 Å². The van der Waals surface area contributed by atoms with E-state index in [0.717, 1.165) is 17.8 Å². The van der Waals surface area contributed by atoms with Crippen molar-refractivity contribution in [3.63, 3.8) is 0 Å². The van der Waals surface area contributed by atoms with E-state index in [4.69, 9.17) is 4.42 Å². The Morgan fingerprint density at radius 1 is 1.06 bits per heavy atom. The Balaban J connectivity index is 2.87. The summed E-state index contributed by atoms with van der Waals surface area (Å²) in [5.74, 6) is 2.85. The lowest BCUT2D eigenvalue weighted by Crippen LogP contribution is -2.22. The van der Waals surface area contributed by atoms with Crippen LogP contribution in [-0.4, -0.2) is 0 Å². The van der Waals surface area contributed by atoms with E-state index in [2.05, 4.69) is 40.7 Å². The minimum atomic E-state index is 0.638. The summed E-state index contributed by atoms with van der Waals surface area (Å²) in [6.45, 7) is 11.7. The van der Waals surface area contributed by atoms with Gasteiger partial charge in [-0.15, -0.1) is 0 Å². The van der Waals surface area contributed by atoms with Crippen molar-refractivity contribution in [2.75, 3.05) is 0 Å². The molecule has 0 aliphatic heterocycles. The fraction of sp³-hybridized carbons (Fsp3) is 0.733. The van der Waals surface area contributed by atoms with Gasteiger partial charge in [0.2, 0.25) is 0 Å². The summed E-state index contributed by atoms with van der Waals surface area (Å²) in [6, 6.07) is 2.13. The minimum Gasteiger partial charge on any atom is -0.472 e. The van der Waals surface area contributed by atoms with Gasteiger partial charge in [0, 0.05) is 0 Å². The standard InChI is InChI=1S/C15H26O/c1-6-11(3)13(5)15(12(4)7-2)14-8-9-16-10-14/h8-13,15H,6-7H2,1-5H3. The number of hydrogen-bond acceptors (Lipinski definition) is 1. The summed E-state index contributed by atoms with van der Waals surface area (Å²) < 4.78 is 5.25. The Bertz CT molecular complexity index is 276. The average Bonchev–Trinajstić information content (AvgIpc) is 2.81. The molecule has 0 aliphatic rings. The average molecular weight is 222 g/mol. The van der Waals surface area contributed by atoms with Crippen molar-refractivity contribution < 1.29 is 4.42 Å². The van der Waals surface area contributed by atoms with Gasteiger partial charge in [0.25, 0.3) is 0 Å². The monoisotopic (exact) mass is 222 g/mol. The Kier molecular flexibility index (Phi) is 5.11. The summed E-state index contributed by atoms with van der Waals surface area (Å²) in [5, 5.41) is 0. The van der Waals surface area contributed by atoms with Crippen molar-refractivity contribution in [3.05, 3.63) is 24.2 Å². The summed E-state index contributed by atoms with van der Waals surface area (Å²) in [4.78, 5) is 0. The van der Waals surface area contributed by atoms with E-state index in [1.165, 1.54) is 18.4 Å². The van der Waals surface area contributed by atoms with Crippen LogP contribution in [0.1, 0.15) is 58.9 Å². The molecule has 4 unspecified atom stereocenters. The first-order chi connectivity index (χ1) is 7.61. The van der Waals surface area contributed by atoms with Gasteiger partial charge in [0.15, 0.2) is 0 Å². The Labute approximate surface area is 100 Å². The quantitative estimate of drug-likeness (QED) is 0.653. The van der Waals surface area contributed by atoms with E-state index in [1.54, 1.807) is 6.26 Å². The first-order valence-electron chi connectivity index (χ1n) is 6.63. The normalized spacial score (nSPS) is 19.1. The topological polar surface area (TPSA) is 13.1 Å². The Morgan fingerprint density at radius 3 is 2.12 bits per heavy atom. The number of hydrogen-bond donors (Lipinski definition) is 0. The maximum Gasteiger partial charge on any atom is 0.0937 e. The van der Waals surface area contributed by atoms with E-state index >= 15 is 0 Å². The van der Waals surface area contributed by atoms with E-state index in [9.17, 15) is 0 Å². The third kappa shape index (κ3) is 2.90. The molecule has 16 heavy (non-hydrogen) atoms. The zero-order valence-electron chi connectivity index (χ0n) is 11.4. The van der Waals surface area contributed by atoms with Crippen LogP contribution in [-0.2, 0) is 0 Å². The highest BCUT2D eigenvalue weighted by atomic mass is 16.3. The molecule has 1 rings (SSSR count). The molecule has 0 spiro atoms. The summed E-state index contributed by atoms with van der Waals surface area (Å²) in [7, 11) is 0. The van der Waals surface area contributed by atoms with Gasteiger partial charge in [-0.25, -0.2) is 0 Å². The molecule has 92 valence electrons. The van der Waals surface area contributed by atoms with Crippen LogP contribution in [0.4, 0.5) is 0 Å². The molecule has 1 nitrogen and oxygen atoms in total. The molecule has 0 N–H and O–H groups in total. The Morgan fingerprint density at radius 2 is 1.69 bits per heavy atom. The zero-order valence-corrected chi connectivity index (χ0v) is 11.4. The van der Waals surface area contributed by atoms with Gasteiger partial charge < -0.3 is 4.42 Å². The third-order valence-corrected chi connectivity index (χ3v) is 4.29. The van der Waals surface area contributed by atoms with Crippen LogP contribution in [0.5, 0.6) is 0 Å². The van der Waals surface area contributed by atoms with Crippen molar-refractivity contribution in [3.8, 4) is 0 Å². The maximum atomic E-state index is 5.25. The minimum absolute atomic E-state index is 0.638. The van der Waals surface area contributed by atoms with Crippen LogP contribution in [0.2, 0.25) is 0 Å². The van der Waals surface area contributed by atoms with Crippen molar-refractivity contribution in [1.29, 1.82) is 0 Å². The second-order valence-electron chi connectivity index (χ2n) is 5.21. The van der Waals surface area contributed by atoms with E-state index < -0.39 is 0 Å². The lowest BCUT2D eigenvalue weighted by molar-refractivity contribution is 0.253. The smallest absolute Gasteiger partial charge is 0.0937 e. The van der Waals surface area contributed by atoms with Gasteiger partial charge in [-0.3, -0.25) is 0 Å². The van der Waals surface area contributed by atoms with Crippen LogP contribution >= 0.6 is 0 Å². The fourth-order valence-corrected chi connectivity index (χ4v) is 2.59. The summed E-state index contributed by atoms with van der Waals surface area (Å²) in [5.41, 5.74) is 1.38. The zero-order chi connectivity index (χ0) is 12.1. The highest BCUT2D eigenvalue weighted by molar-refractivity contribution is 5.15. The molecule has 0 aromatic carbocycles. The third-order valence-electron chi connectivity index (χ3n) is 4.29. The summed E-state index contributed by atoms with van der Waals surface area (Å²) >= 11 is 0. The second kappa shape index (κ2) is 6.12. The maximum absolute atomic E-state index is 5.25. The van der Waals surface area contributed by atoms with Crippen LogP contribution in [0, 0.1) is 17.8 Å². The largest absolute Gasteiger partial charge is 0.472 e. The molecule has 1 heteroatoms. The molecule has 4 atom stereocenters. The predicted octanol–water partition coefficient (Wildman–Crippen LogP) is 5.09. The molecule has 0 saturated heterocycles. The number of furan rings is 1. The van der Waals surface area contributed by atoms with E-state index in [-0.39, 0.29) is 0 Å². The fourth-order valence-electron chi connectivity index (χ4n) is 2.59. The molecule has 0 fully saturated rings.